The smallest absolute Gasteiger partial charge is 0.201 e. The minimum Gasteiger partial charge on any atom is -0.494 e. The van der Waals surface area contributed by atoms with Gasteiger partial charge in [-0.1, -0.05) is 24.3 Å². The van der Waals surface area contributed by atoms with E-state index in [2.05, 4.69) is 19.1 Å². The van der Waals surface area contributed by atoms with Crippen LogP contribution < -0.4 is 4.74 Å². The van der Waals surface area contributed by atoms with Crippen LogP contribution in [0.15, 0.2) is 36.4 Å². The molecule has 0 aromatic heterocycles. The molecule has 166 valence electrons. The molecule has 0 radical (unpaired) electrons. The molecule has 0 amide bonds. The zero-order chi connectivity index (χ0) is 22.1. The lowest BCUT2D eigenvalue weighted by molar-refractivity contribution is 0.132. The third-order valence-electron chi connectivity index (χ3n) is 7.23. The van der Waals surface area contributed by atoms with Gasteiger partial charge < -0.3 is 4.74 Å². The maximum Gasteiger partial charge on any atom is 0.201 e. The second kappa shape index (κ2) is 9.05. The Balaban J connectivity index is 1.57. The van der Waals surface area contributed by atoms with Crippen molar-refractivity contribution in [2.75, 3.05) is 7.11 Å². The summed E-state index contributed by atoms with van der Waals surface area (Å²) < 4.78 is 63.3. The van der Waals surface area contributed by atoms with E-state index in [1.54, 1.807) is 6.07 Å². The van der Waals surface area contributed by atoms with Crippen LogP contribution in [0, 0.1) is 41.0 Å². The lowest BCUT2D eigenvalue weighted by Crippen LogP contribution is -2.30. The fourth-order valence-electron chi connectivity index (χ4n) is 5.64. The summed E-state index contributed by atoms with van der Waals surface area (Å²) in [6.45, 7) is 2.05. The highest BCUT2D eigenvalue weighted by molar-refractivity contribution is 5.66. The number of hydrogen-bond donors (Lipinski definition) is 0. The van der Waals surface area contributed by atoms with Crippen molar-refractivity contribution in [2.24, 2.45) is 17.8 Å². The van der Waals surface area contributed by atoms with Crippen molar-refractivity contribution < 1.29 is 22.3 Å². The van der Waals surface area contributed by atoms with Crippen molar-refractivity contribution >= 4 is 0 Å². The maximum absolute atomic E-state index is 15.1. The lowest BCUT2D eigenvalue weighted by atomic mass is 9.64. The van der Waals surface area contributed by atoms with E-state index >= 15 is 4.39 Å². The second-order valence-electron chi connectivity index (χ2n) is 8.90. The first-order valence-corrected chi connectivity index (χ1v) is 11.1. The van der Waals surface area contributed by atoms with E-state index in [9.17, 15) is 13.2 Å². The zero-order valence-corrected chi connectivity index (χ0v) is 17.9. The number of halogens is 4. The van der Waals surface area contributed by atoms with Crippen LogP contribution in [0.3, 0.4) is 0 Å². The summed E-state index contributed by atoms with van der Waals surface area (Å²) in [4.78, 5) is 0. The molecular formula is C26H28F4O. The molecule has 0 spiro atoms. The molecule has 2 aliphatic rings. The predicted molar refractivity (Wildman–Crippen MR) is 114 cm³/mol. The Morgan fingerprint density at radius 2 is 1.42 bits per heavy atom. The first-order chi connectivity index (χ1) is 14.9. The van der Waals surface area contributed by atoms with Crippen molar-refractivity contribution in [1.29, 1.82) is 0 Å². The fraction of sp³-hybridized carbons (Fsp3) is 0.462. The first-order valence-electron chi connectivity index (χ1n) is 11.1. The molecule has 2 saturated carbocycles. The summed E-state index contributed by atoms with van der Waals surface area (Å²) >= 11 is 0. The van der Waals surface area contributed by atoms with Crippen molar-refractivity contribution in [3.8, 4) is 16.9 Å². The number of allylic oxidation sites excluding steroid dienone is 2. The Hall–Kier alpha value is -2.30. The van der Waals surface area contributed by atoms with Gasteiger partial charge >= 0.3 is 0 Å². The Kier molecular flexibility index (Phi) is 6.40. The topological polar surface area (TPSA) is 9.23 Å². The van der Waals surface area contributed by atoms with E-state index < -0.39 is 23.3 Å². The SMILES string of the molecule is C/C=C/C1CCC2CC(c3ccc(-c4ccc(OC)c(F)c4F)c(F)c3F)CCC2C1. The molecule has 0 saturated heterocycles. The average molecular weight is 433 g/mol. The van der Waals surface area contributed by atoms with Gasteiger partial charge in [0.1, 0.15) is 0 Å². The Bertz CT molecular complexity index is 984. The summed E-state index contributed by atoms with van der Waals surface area (Å²) in [5.41, 5.74) is -0.238. The highest BCUT2D eigenvalue weighted by Gasteiger charge is 2.36. The number of rotatable bonds is 4. The molecule has 4 unspecified atom stereocenters. The normalized spacial score (nSPS) is 26.1. The monoisotopic (exact) mass is 432 g/mol. The number of methoxy groups -OCH3 is 1. The molecule has 0 N–H and O–H groups in total. The van der Waals surface area contributed by atoms with Crippen molar-refractivity contribution in [2.45, 2.75) is 51.4 Å². The van der Waals surface area contributed by atoms with Gasteiger partial charge in [0.15, 0.2) is 23.2 Å². The predicted octanol–water partition coefficient (Wildman–Crippen LogP) is 7.79. The third kappa shape index (κ3) is 4.11. The molecule has 2 aromatic carbocycles. The molecule has 4 atom stereocenters. The van der Waals surface area contributed by atoms with Gasteiger partial charge in [0, 0.05) is 11.1 Å². The van der Waals surface area contributed by atoms with E-state index in [1.165, 1.54) is 31.7 Å². The summed E-state index contributed by atoms with van der Waals surface area (Å²) in [6.07, 6.45) is 10.6. The molecule has 0 heterocycles. The van der Waals surface area contributed by atoms with Crippen LogP contribution in [0.4, 0.5) is 17.6 Å². The van der Waals surface area contributed by atoms with Gasteiger partial charge in [-0.15, -0.1) is 0 Å². The van der Waals surface area contributed by atoms with Gasteiger partial charge in [-0.05, 0) is 86.8 Å². The highest BCUT2D eigenvalue weighted by Crippen LogP contribution is 2.48. The number of fused-ring (bicyclic) bond motifs is 1. The van der Waals surface area contributed by atoms with Gasteiger partial charge in [0.05, 0.1) is 7.11 Å². The molecule has 4 rings (SSSR count). The van der Waals surface area contributed by atoms with Gasteiger partial charge in [-0.25, -0.2) is 13.2 Å². The van der Waals surface area contributed by atoms with Gasteiger partial charge in [-0.3, -0.25) is 0 Å². The van der Waals surface area contributed by atoms with Crippen LogP contribution in [0.25, 0.3) is 11.1 Å². The molecule has 2 fully saturated rings. The van der Waals surface area contributed by atoms with Crippen LogP contribution >= 0.6 is 0 Å². The van der Waals surface area contributed by atoms with Crippen LogP contribution in [-0.2, 0) is 0 Å². The minimum absolute atomic E-state index is 0.0412. The van der Waals surface area contributed by atoms with Crippen molar-refractivity contribution in [3.63, 3.8) is 0 Å². The van der Waals surface area contributed by atoms with Crippen LogP contribution in [0.5, 0.6) is 5.75 Å². The summed E-state index contributed by atoms with van der Waals surface area (Å²) in [7, 11) is 1.22. The molecule has 31 heavy (non-hydrogen) atoms. The Labute approximate surface area is 181 Å². The molecular weight excluding hydrogens is 404 g/mol. The van der Waals surface area contributed by atoms with E-state index in [1.807, 2.05) is 0 Å². The Morgan fingerprint density at radius 1 is 0.774 bits per heavy atom. The number of ether oxygens (including phenoxy) is 1. The summed E-state index contributed by atoms with van der Waals surface area (Å²) in [5, 5.41) is 0. The second-order valence-corrected chi connectivity index (χ2v) is 8.90. The average Bonchev–Trinajstić information content (AvgIpc) is 2.78. The van der Waals surface area contributed by atoms with E-state index in [0.717, 1.165) is 32.1 Å². The van der Waals surface area contributed by atoms with Crippen LogP contribution in [-0.4, -0.2) is 7.11 Å². The minimum atomic E-state index is -1.25. The standard InChI is InChI=1S/C26H28F4O/c1-3-4-15-5-6-17-14-18(8-7-16(17)13-15)19-9-10-20(24(28)23(19)27)21-11-12-22(31-2)26(30)25(21)29/h3-4,9-12,15-18H,5-8,13-14H2,1-2H3/b4-3+. The highest BCUT2D eigenvalue weighted by atomic mass is 19.2. The van der Waals surface area contributed by atoms with Crippen molar-refractivity contribution in [1.82, 2.24) is 0 Å². The molecule has 0 aliphatic heterocycles. The van der Waals surface area contributed by atoms with Gasteiger partial charge in [0.2, 0.25) is 5.82 Å². The quantitative estimate of drug-likeness (QED) is 0.354. The largest absolute Gasteiger partial charge is 0.494 e. The van der Waals surface area contributed by atoms with E-state index in [0.29, 0.717) is 23.3 Å². The Morgan fingerprint density at radius 3 is 2.13 bits per heavy atom. The molecule has 1 nitrogen and oxygen atoms in total. The molecule has 5 heteroatoms. The summed E-state index contributed by atoms with van der Waals surface area (Å²) in [6, 6.07) is 5.34. The van der Waals surface area contributed by atoms with E-state index in [-0.39, 0.29) is 22.8 Å². The zero-order valence-electron chi connectivity index (χ0n) is 17.9. The first kappa shape index (κ1) is 21.9. The maximum atomic E-state index is 15.1. The number of hydrogen-bond acceptors (Lipinski definition) is 1. The van der Waals surface area contributed by atoms with Gasteiger partial charge in [0.25, 0.3) is 0 Å². The van der Waals surface area contributed by atoms with Crippen LogP contribution in [0.2, 0.25) is 0 Å². The molecule has 2 aliphatic carbocycles. The van der Waals surface area contributed by atoms with E-state index in [4.69, 9.17) is 4.74 Å². The molecule has 0 bridgehead atoms. The van der Waals surface area contributed by atoms with Gasteiger partial charge in [-0.2, -0.15) is 4.39 Å². The fourth-order valence-corrected chi connectivity index (χ4v) is 5.64. The van der Waals surface area contributed by atoms with Crippen molar-refractivity contribution in [3.05, 3.63) is 65.2 Å². The lowest BCUT2D eigenvalue weighted by Gasteiger charge is -2.42. The van der Waals surface area contributed by atoms with Crippen LogP contribution in [0.1, 0.15) is 56.9 Å². The molecule has 2 aromatic rings. The third-order valence-corrected chi connectivity index (χ3v) is 7.23. The number of benzene rings is 2. The summed E-state index contributed by atoms with van der Waals surface area (Å²) in [5.74, 6) is -3.03.